The maximum absolute atomic E-state index is 11.9. The Morgan fingerprint density at radius 3 is 2.52 bits per heavy atom. The van der Waals surface area contributed by atoms with Gasteiger partial charge in [-0.05, 0) is 46.1 Å². The summed E-state index contributed by atoms with van der Waals surface area (Å²) in [7, 11) is 2.14. The van der Waals surface area contributed by atoms with Gasteiger partial charge in [0.1, 0.15) is 0 Å². The molecule has 0 aromatic carbocycles. The molecule has 0 spiro atoms. The van der Waals surface area contributed by atoms with Gasteiger partial charge in [-0.3, -0.25) is 9.59 Å². The number of likely N-dealkylation sites (tertiary alicyclic amines) is 1. The van der Waals surface area contributed by atoms with Crippen LogP contribution in [-0.4, -0.2) is 84.9 Å². The number of nitrogens with zero attached hydrogens (tertiary/aromatic N) is 2. The molecule has 2 aliphatic rings. The van der Waals surface area contributed by atoms with Crippen LogP contribution in [0.1, 0.15) is 39.5 Å². The molecule has 2 heterocycles. The van der Waals surface area contributed by atoms with Gasteiger partial charge in [0.2, 0.25) is 5.91 Å². The van der Waals surface area contributed by atoms with Gasteiger partial charge in [0.05, 0.1) is 6.61 Å². The van der Waals surface area contributed by atoms with Crippen LogP contribution in [0.2, 0.25) is 0 Å². The third-order valence-electron chi connectivity index (χ3n) is 5.23. The Morgan fingerprint density at radius 2 is 2.00 bits per heavy atom. The molecule has 2 rings (SSSR count). The normalized spacial score (nSPS) is 23.4. The molecule has 0 aliphatic carbocycles. The number of carbonyl (C=O) groups excluding carboxylic acids is 1. The third-order valence-corrected chi connectivity index (χ3v) is 5.23. The molecule has 0 aromatic rings. The van der Waals surface area contributed by atoms with Gasteiger partial charge in [0, 0.05) is 50.7 Å². The van der Waals surface area contributed by atoms with Crippen molar-refractivity contribution in [3.05, 3.63) is 0 Å². The smallest absolute Gasteiger partial charge is 0.290 e. The highest BCUT2D eigenvalue weighted by Crippen LogP contribution is 2.31. The van der Waals surface area contributed by atoms with Crippen molar-refractivity contribution in [2.45, 2.75) is 45.6 Å². The SMILES string of the molecule is CC(C)N1CC(CN(C)CC2(CO)CCOCC2)CCC1=O.O=CO. The average Bonchev–Trinajstić information content (AvgIpc) is 2.58. The average molecular weight is 358 g/mol. The van der Waals surface area contributed by atoms with Gasteiger partial charge >= 0.3 is 0 Å². The minimum atomic E-state index is -0.250. The summed E-state index contributed by atoms with van der Waals surface area (Å²) in [5.74, 6) is 0.839. The van der Waals surface area contributed by atoms with Crippen LogP contribution in [0.3, 0.4) is 0 Å². The van der Waals surface area contributed by atoms with E-state index in [1.165, 1.54) is 0 Å². The van der Waals surface area contributed by atoms with E-state index in [4.69, 9.17) is 14.6 Å². The maximum atomic E-state index is 11.9. The Morgan fingerprint density at radius 1 is 1.40 bits per heavy atom. The predicted molar refractivity (Wildman–Crippen MR) is 95.3 cm³/mol. The second-order valence-corrected chi connectivity index (χ2v) is 7.62. The Kier molecular flexibility index (Phi) is 9.38. The van der Waals surface area contributed by atoms with Crippen molar-refractivity contribution in [1.29, 1.82) is 0 Å². The molecule has 0 bridgehead atoms. The Bertz CT molecular complexity index is 410. The molecule has 0 saturated carbocycles. The molecule has 1 amide bonds. The molecule has 0 radical (unpaired) electrons. The molecule has 1 atom stereocenters. The summed E-state index contributed by atoms with van der Waals surface area (Å²) in [6, 6.07) is 0.292. The van der Waals surface area contributed by atoms with E-state index in [0.717, 1.165) is 52.1 Å². The first-order valence-electron chi connectivity index (χ1n) is 9.12. The summed E-state index contributed by atoms with van der Waals surface area (Å²) in [4.78, 5) is 24.7. The molecule has 146 valence electrons. The Hall–Kier alpha value is -1.18. The molecule has 1 unspecified atom stereocenters. The zero-order chi connectivity index (χ0) is 18.9. The van der Waals surface area contributed by atoms with Crippen molar-refractivity contribution < 1.29 is 24.5 Å². The van der Waals surface area contributed by atoms with Gasteiger partial charge < -0.3 is 24.7 Å². The predicted octanol–water partition coefficient (Wildman–Crippen LogP) is 1.06. The van der Waals surface area contributed by atoms with Crippen molar-refractivity contribution in [1.82, 2.24) is 9.80 Å². The van der Waals surface area contributed by atoms with E-state index >= 15 is 0 Å². The fourth-order valence-electron chi connectivity index (χ4n) is 3.84. The summed E-state index contributed by atoms with van der Waals surface area (Å²) in [5, 5.41) is 16.7. The standard InChI is InChI=1S/C17H32N2O3.CH2O2/c1-14(2)19-11-15(4-5-16(19)21)10-18(3)12-17(13-20)6-8-22-9-7-17;2-1-3/h14-15,20H,4-13H2,1-3H3;1H,(H,2,3). The topological polar surface area (TPSA) is 90.3 Å². The van der Waals surface area contributed by atoms with Crippen molar-refractivity contribution in [2.24, 2.45) is 11.3 Å². The zero-order valence-electron chi connectivity index (χ0n) is 15.8. The van der Waals surface area contributed by atoms with E-state index in [-0.39, 0.29) is 18.5 Å². The lowest BCUT2D eigenvalue weighted by Crippen LogP contribution is -2.48. The Balaban J connectivity index is 0.000000970. The minimum absolute atomic E-state index is 0.00474. The molecule has 2 fully saturated rings. The van der Waals surface area contributed by atoms with Gasteiger partial charge in [-0.1, -0.05) is 0 Å². The van der Waals surface area contributed by atoms with E-state index in [2.05, 4.69) is 25.8 Å². The van der Waals surface area contributed by atoms with Crippen LogP contribution in [0.25, 0.3) is 0 Å². The lowest BCUT2D eigenvalue weighted by atomic mass is 9.80. The van der Waals surface area contributed by atoms with E-state index < -0.39 is 0 Å². The monoisotopic (exact) mass is 358 g/mol. The van der Waals surface area contributed by atoms with Crippen molar-refractivity contribution in [2.75, 3.05) is 46.5 Å². The molecule has 25 heavy (non-hydrogen) atoms. The van der Waals surface area contributed by atoms with Gasteiger partial charge in [-0.2, -0.15) is 0 Å². The van der Waals surface area contributed by atoms with E-state index in [1.54, 1.807) is 0 Å². The fraction of sp³-hybridized carbons (Fsp3) is 0.889. The Labute approximate surface area is 150 Å². The number of aliphatic hydroxyl groups excluding tert-OH is 1. The molecule has 2 aliphatic heterocycles. The molecule has 0 aromatic heterocycles. The number of ether oxygens (including phenoxy) is 1. The largest absolute Gasteiger partial charge is 0.483 e. The van der Waals surface area contributed by atoms with E-state index in [9.17, 15) is 9.90 Å². The van der Waals surface area contributed by atoms with Crippen molar-refractivity contribution in [3.63, 3.8) is 0 Å². The van der Waals surface area contributed by atoms with E-state index in [0.29, 0.717) is 24.3 Å². The fourth-order valence-corrected chi connectivity index (χ4v) is 3.84. The highest BCUT2D eigenvalue weighted by molar-refractivity contribution is 5.77. The van der Waals surface area contributed by atoms with Gasteiger partial charge in [-0.25, -0.2) is 0 Å². The number of rotatable bonds is 6. The number of carboxylic acid groups (broad SMARTS) is 1. The van der Waals surface area contributed by atoms with Crippen LogP contribution in [-0.2, 0) is 14.3 Å². The quantitative estimate of drug-likeness (QED) is 0.690. The zero-order valence-corrected chi connectivity index (χ0v) is 15.8. The molecular formula is C18H34N2O5. The number of piperidine rings is 1. The molecule has 2 saturated heterocycles. The second kappa shape index (κ2) is 10.7. The highest BCUT2D eigenvalue weighted by Gasteiger charge is 2.34. The first-order valence-corrected chi connectivity index (χ1v) is 9.12. The number of amides is 1. The molecule has 2 N–H and O–H groups in total. The summed E-state index contributed by atoms with van der Waals surface area (Å²) >= 11 is 0. The van der Waals surface area contributed by atoms with Crippen LogP contribution in [0.5, 0.6) is 0 Å². The maximum Gasteiger partial charge on any atom is 0.290 e. The van der Waals surface area contributed by atoms with Crippen LogP contribution in [0, 0.1) is 11.3 Å². The number of carbonyl (C=O) groups is 2. The van der Waals surface area contributed by atoms with Crippen LogP contribution < -0.4 is 0 Å². The van der Waals surface area contributed by atoms with Crippen LogP contribution in [0.15, 0.2) is 0 Å². The summed E-state index contributed by atoms with van der Waals surface area (Å²) in [6.45, 7) is 8.47. The number of hydrogen-bond acceptors (Lipinski definition) is 5. The lowest BCUT2D eigenvalue weighted by Gasteiger charge is -2.41. The lowest BCUT2D eigenvalue weighted by molar-refractivity contribution is -0.137. The van der Waals surface area contributed by atoms with Gasteiger partial charge in [0.25, 0.3) is 6.47 Å². The summed E-state index contributed by atoms with van der Waals surface area (Å²) in [5.41, 5.74) is -0.00474. The molecule has 7 heteroatoms. The van der Waals surface area contributed by atoms with Crippen LogP contribution >= 0.6 is 0 Å². The summed E-state index contributed by atoms with van der Waals surface area (Å²) in [6.07, 6.45) is 3.54. The van der Waals surface area contributed by atoms with E-state index in [1.807, 2.05) is 4.90 Å². The molecular weight excluding hydrogens is 324 g/mol. The van der Waals surface area contributed by atoms with Crippen molar-refractivity contribution in [3.8, 4) is 0 Å². The number of hydrogen-bond donors (Lipinski definition) is 2. The van der Waals surface area contributed by atoms with Crippen molar-refractivity contribution >= 4 is 12.4 Å². The first-order chi connectivity index (χ1) is 11.9. The van der Waals surface area contributed by atoms with Gasteiger partial charge in [0.15, 0.2) is 0 Å². The minimum Gasteiger partial charge on any atom is -0.483 e. The first kappa shape index (κ1) is 21.9. The highest BCUT2D eigenvalue weighted by atomic mass is 16.5. The second-order valence-electron chi connectivity index (χ2n) is 7.62. The third kappa shape index (κ3) is 6.92. The van der Waals surface area contributed by atoms with Crippen LogP contribution in [0.4, 0.5) is 0 Å². The summed E-state index contributed by atoms with van der Waals surface area (Å²) < 4.78 is 5.44. The van der Waals surface area contributed by atoms with Gasteiger partial charge in [-0.15, -0.1) is 0 Å². The number of aliphatic hydroxyl groups is 1. The molecule has 7 nitrogen and oxygen atoms in total.